The first-order valence-corrected chi connectivity index (χ1v) is 19.4. The van der Waals surface area contributed by atoms with Gasteiger partial charge in [-0.05, 0) is 222 Å². The first-order valence-electron chi connectivity index (χ1n) is 19.4. The first-order chi connectivity index (χ1) is 19.4. The summed E-state index contributed by atoms with van der Waals surface area (Å²) >= 11 is 0. The van der Waals surface area contributed by atoms with Crippen molar-refractivity contribution in [2.45, 2.75) is 12.8 Å². The van der Waals surface area contributed by atoms with Gasteiger partial charge in [0.15, 0.2) is 0 Å². The standard InChI is InChI=1S/C39H22/c1-3-7-4-2-6-9-13-16-18-20-21-10-11-14-15-12-8-5(1)22(3)25(7)23(4,6)27(9)30(13)32(16)33(18)34(20,21)35-19(21)17(10)24(11,35)28(14)31(15)29(12)26(8,22)36(25,27)38(29,30)39(31,32)37(28,33)35/h3-20H,1-2H2. The normalized spacial score (nSPS) is 145. The monoisotopic (exact) mass is 490 g/mol. The summed E-state index contributed by atoms with van der Waals surface area (Å²) in [7, 11) is 0. The van der Waals surface area contributed by atoms with E-state index in [0.29, 0.717) is 0 Å². The van der Waals surface area contributed by atoms with Crippen molar-refractivity contribution < 1.29 is 0 Å². The summed E-state index contributed by atoms with van der Waals surface area (Å²) in [5.74, 6) is 25.3. The molecule has 0 aromatic heterocycles. The summed E-state index contributed by atoms with van der Waals surface area (Å²) in [5.41, 5.74) is 21.8. The average molecular weight is 491 g/mol. The van der Waals surface area contributed by atoms with Gasteiger partial charge in [-0.15, -0.1) is 0 Å². The Kier molecular flexibility index (Phi) is 0.579. The zero-order valence-corrected chi connectivity index (χ0v) is 21.3. The van der Waals surface area contributed by atoms with Crippen molar-refractivity contribution in [3.05, 3.63) is 0 Å². The molecule has 178 valence electrons. The molecule has 0 saturated heterocycles. The van der Waals surface area contributed by atoms with Gasteiger partial charge in [-0.2, -0.15) is 0 Å². The predicted octanol–water partition coefficient (Wildman–Crippen LogP) is 2.99. The van der Waals surface area contributed by atoms with E-state index in [1.165, 1.54) is 107 Å². The van der Waals surface area contributed by atoms with E-state index in [1.54, 1.807) is 0 Å². The van der Waals surface area contributed by atoms with Crippen LogP contribution in [0.5, 0.6) is 0 Å². The Morgan fingerprint density at radius 2 is 0.795 bits per heavy atom. The molecule has 29 rings (SSSR count). The van der Waals surface area contributed by atoms with Gasteiger partial charge in [-0.25, -0.2) is 0 Å². The Morgan fingerprint density at radius 1 is 0.282 bits per heavy atom. The second-order valence-electron chi connectivity index (χ2n) is 25.6. The number of rotatable bonds is 0. The highest BCUT2D eigenvalue weighted by atomic mass is 15.7. The molecule has 0 nitrogen and oxygen atoms in total. The lowest BCUT2D eigenvalue weighted by atomic mass is 8.41. The van der Waals surface area contributed by atoms with Crippen LogP contribution in [-0.2, 0) is 0 Å². The second-order valence-corrected chi connectivity index (χ2v) is 25.6. The van der Waals surface area contributed by atoms with Gasteiger partial charge in [0.25, 0.3) is 0 Å². The minimum Gasteiger partial charge on any atom is -0.0458 e. The maximum Gasteiger partial charge on any atom is -0.000727 e. The van der Waals surface area contributed by atoms with E-state index < -0.39 is 0 Å². The van der Waals surface area contributed by atoms with Gasteiger partial charge in [0, 0.05) is 0 Å². The van der Waals surface area contributed by atoms with Crippen molar-refractivity contribution in [3.8, 4) is 0 Å². The molecule has 0 aromatic carbocycles. The van der Waals surface area contributed by atoms with Crippen LogP contribution in [0, 0.1) is 209 Å². The van der Waals surface area contributed by atoms with Crippen LogP contribution in [0.25, 0.3) is 0 Å². The summed E-state index contributed by atoms with van der Waals surface area (Å²) in [5, 5.41) is 0. The minimum absolute atomic E-state index is 1.12. The van der Waals surface area contributed by atoms with E-state index in [1.807, 2.05) is 12.8 Å². The van der Waals surface area contributed by atoms with E-state index in [-0.39, 0.29) is 0 Å². The lowest BCUT2D eigenvalue weighted by molar-refractivity contribution is -1.17. The van der Waals surface area contributed by atoms with Crippen LogP contribution in [-0.4, -0.2) is 0 Å². The van der Waals surface area contributed by atoms with Gasteiger partial charge in [-0.3, -0.25) is 0 Å². The maximum atomic E-state index is 1.83. The summed E-state index contributed by atoms with van der Waals surface area (Å²) in [6.07, 6.45) is 3.65. The smallest absolute Gasteiger partial charge is 0.000727 e. The van der Waals surface area contributed by atoms with Crippen LogP contribution < -0.4 is 0 Å². The molecule has 39 heavy (non-hydrogen) atoms. The molecule has 29 aliphatic rings. The summed E-state index contributed by atoms with van der Waals surface area (Å²) < 4.78 is 0. The minimum atomic E-state index is 1.12. The van der Waals surface area contributed by atoms with Crippen LogP contribution >= 0.6 is 0 Å². The first kappa shape index (κ1) is 12.5. The molecular formula is C39H22. The van der Waals surface area contributed by atoms with Crippen molar-refractivity contribution in [1.29, 1.82) is 0 Å². The fourth-order valence-electron chi connectivity index (χ4n) is 43.8. The van der Waals surface area contributed by atoms with Gasteiger partial charge in [-0.1, -0.05) is 0 Å². The molecule has 0 radical (unpaired) electrons. The van der Waals surface area contributed by atoms with Crippen LogP contribution in [0.1, 0.15) is 12.8 Å². The van der Waals surface area contributed by atoms with Crippen LogP contribution in [0.3, 0.4) is 0 Å². The van der Waals surface area contributed by atoms with E-state index in [4.69, 9.17) is 0 Å². The lowest BCUT2D eigenvalue weighted by Crippen LogP contribution is -3.60. The molecule has 29 aliphatic carbocycles. The highest BCUT2D eigenvalue weighted by Crippen LogP contribution is 3.67. The highest BCUT2D eigenvalue weighted by molar-refractivity contribution is 6.10. The third-order valence-electron chi connectivity index (χ3n) is 34.4. The van der Waals surface area contributed by atoms with Crippen molar-refractivity contribution in [2.75, 3.05) is 0 Å². The summed E-state index contributed by atoms with van der Waals surface area (Å²) in [4.78, 5) is 0. The number of hydrogen-bond acceptors (Lipinski definition) is 0. The number of hydrogen-bond donors (Lipinski definition) is 0. The molecule has 0 aliphatic heterocycles. The van der Waals surface area contributed by atoms with Gasteiger partial charge in [0.1, 0.15) is 0 Å². The van der Waals surface area contributed by atoms with E-state index in [2.05, 4.69) is 0 Å². The lowest BCUT2D eigenvalue weighted by Gasteiger charge is -3.61. The third-order valence-corrected chi connectivity index (χ3v) is 34.4. The molecular weight excluding hydrogens is 468 g/mol. The van der Waals surface area contributed by atoms with E-state index >= 15 is 0 Å². The highest BCUT2D eigenvalue weighted by Gasteiger charge is 3.66. The third kappa shape index (κ3) is 0.257. The topological polar surface area (TPSA) is 0 Å². The molecule has 37 unspecified atom stereocenters. The molecule has 0 aromatic rings. The zero-order chi connectivity index (χ0) is 21.3. The van der Waals surface area contributed by atoms with Gasteiger partial charge >= 0.3 is 0 Å². The molecule has 0 heterocycles. The zero-order valence-electron chi connectivity index (χ0n) is 21.3. The quantitative estimate of drug-likeness (QED) is 0.490. The Bertz CT molecular complexity index is 2380. The maximum absolute atomic E-state index is 1.83. The average Bonchev–Trinajstić information content (AvgIpc) is 3.35. The van der Waals surface area contributed by atoms with Crippen molar-refractivity contribution in [1.82, 2.24) is 0 Å². The molecule has 29 saturated carbocycles. The molecule has 0 heteroatoms. The van der Waals surface area contributed by atoms with Crippen molar-refractivity contribution in [3.63, 3.8) is 0 Å². The second kappa shape index (κ2) is 1.80. The van der Waals surface area contributed by atoms with Gasteiger partial charge in [0.2, 0.25) is 0 Å². The van der Waals surface area contributed by atoms with Crippen LogP contribution in [0.4, 0.5) is 0 Å². The summed E-state index contributed by atoms with van der Waals surface area (Å²) in [6, 6.07) is 0. The molecule has 0 bridgehead atoms. The van der Waals surface area contributed by atoms with Crippen LogP contribution in [0.2, 0.25) is 0 Å². The summed E-state index contributed by atoms with van der Waals surface area (Å²) in [6.45, 7) is 0. The fourth-order valence-corrected chi connectivity index (χ4v) is 43.8. The van der Waals surface area contributed by atoms with Crippen LogP contribution in [0.15, 0.2) is 0 Å². The SMILES string of the molecule is C1C2C3C4CC5C6C7C8C9C%10C%11%12C%13C%14C%11C%11%15C%14%16C%13C%13C%14C%17C%18C1C21C32C45C63C74C85C9(C%10%12%11)C%156C%13%16C%147C%178C%181C23C84C756. The van der Waals surface area contributed by atoms with Crippen molar-refractivity contribution in [2.24, 2.45) is 209 Å². The molecule has 37 atom stereocenters. The molecule has 0 amide bonds. The largest absolute Gasteiger partial charge is 0.0458 e. The fraction of sp³-hybridized carbons (Fsp3) is 1.00. The van der Waals surface area contributed by atoms with E-state index in [0.717, 1.165) is 103 Å². The Labute approximate surface area is 221 Å². The van der Waals surface area contributed by atoms with Gasteiger partial charge < -0.3 is 0 Å². The Balaban J connectivity index is 0.983. The molecule has 0 N–H and O–H groups in total. The van der Waals surface area contributed by atoms with E-state index in [9.17, 15) is 0 Å². The van der Waals surface area contributed by atoms with Crippen molar-refractivity contribution >= 4 is 0 Å². The Morgan fingerprint density at radius 3 is 1.54 bits per heavy atom. The number of fused-ring (bicyclic) bond motifs is 13. The molecule has 19 spiro atoms. The predicted molar refractivity (Wildman–Crippen MR) is 118 cm³/mol. The van der Waals surface area contributed by atoms with Gasteiger partial charge in [0.05, 0.1) is 0 Å². The Hall–Kier alpha value is 0. The molecule has 29 fully saturated rings.